The lowest BCUT2D eigenvalue weighted by molar-refractivity contribution is -0.145. The number of carbonyl (C=O) groups is 2. The maximum atomic E-state index is 12.5. The second-order valence-electron chi connectivity index (χ2n) is 7.28. The van der Waals surface area contributed by atoms with Gasteiger partial charge < -0.3 is 15.3 Å². The van der Waals surface area contributed by atoms with Gasteiger partial charge in [0.15, 0.2) is 0 Å². The summed E-state index contributed by atoms with van der Waals surface area (Å²) in [6, 6.07) is -0.411. The topological polar surface area (TPSA) is 69.6 Å². The smallest absolute Gasteiger partial charge is 0.243 e. The van der Waals surface area contributed by atoms with Crippen molar-refractivity contribution in [1.82, 2.24) is 10.2 Å². The minimum Gasteiger partial charge on any atom is -0.396 e. The molecular weight excluding hydrogens is 268 g/mol. The number of aliphatic hydroxyl groups excluding tert-OH is 1. The van der Waals surface area contributed by atoms with Crippen molar-refractivity contribution < 1.29 is 14.7 Å². The molecule has 1 heterocycles. The third-order valence-electron chi connectivity index (χ3n) is 4.03. The van der Waals surface area contributed by atoms with E-state index in [9.17, 15) is 9.59 Å². The summed E-state index contributed by atoms with van der Waals surface area (Å²) in [4.78, 5) is 26.6. The lowest BCUT2D eigenvalue weighted by Gasteiger charge is -2.31. The average molecular weight is 298 g/mol. The zero-order valence-corrected chi connectivity index (χ0v) is 14.0. The molecule has 1 rings (SSSR count). The quantitative estimate of drug-likeness (QED) is 0.809. The van der Waals surface area contributed by atoms with Crippen molar-refractivity contribution >= 4 is 11.8 Å². The molecule has 0 spiro atoms. The fraction of sp³-hybridized carbons (Fsp3) is 0.875. The maximum Gasteiger partial charge on any atom is 0.243 e. The van der Waals surface area contributed by atoms with Gasteiger partial charge in [-0.3, -0.25) is 9.59 Å². The van der Waals surface area contributed by atoms with Crippen LogP contribution in [0.3, 0.4) is 0 Å². The van der Waals surface area contributed by atoms with Crippen LogP contribution in [0.5, 0.6) is 0 Å². The molecule has 0 aliphatic carbocycles. The number of likely N-dealkylation sites (tertiary alicyclic amines) is 1. The Morgan fingerprint density at radius 3 is 2.43 bits per heavy atom. The lowest BCUT2D eigenvalue weighted by Crippen LogP contribution is -2.52. The highest BCUT2D eigenvalue weighted by Crippen LogP contribution is 2.25. The van der Waals surface area contributed by atoms with Crippen LogP contribution < -0.4 is 5.32 Å². The van der Waals surface area contributed by atoms with Crippen LogP contribution in [0.15, 0.2) is 0 Å². The van der Waals surface area contributed by atoms with Gasteiger partial charge in [-0.05, 0) is 25.2 Å². The lowest BCUT2D eigenvalue weighted by atomic mass is 9.94. The molecule has 0 bridgehead atoms. The zero-order valence-electron chi connectivity index (χ0n) is 14.0. The second kappa shape index (κ2) is 7.25. The number of nitrogens with zero attached hydrogens (tertiary/aromatic N) is 1. The Morgan fingerprint density at radius 1 is 1.33 bits per heavy atom. The number of carbonyl (C=O) groups excluding carboxylic acids is 2. The second-order valence-corrected chi connectivity index (χ2v) is 7.28. The molecule has 5 heteroatoms. The van der Waals surface area contributed by atoms with Crippen molar-refractivity contribution in [2.75, 3.05) is 13.2 Å². The van der Waals surface area contributed by atoms with Crippen LogP contribution in [0, 0.1) is 11.3 Å². The number of aliphatic hydroxyl groups is 1. The summed E-state index contributed by atoms with van der Waals surface area (Å²) < 4.78 is 0. The number of nitrogens with one attached hydrogen (secondary N) is 1. The summed E-state index contributed by atoms with van der Waals surface area (Å²) in [6.07, 6.45) is 2.13. The minimum atomic E-state index is -0.467. The molecule has 21 heavy (non-hydrogen) atoms. The molecule has 1 saturated heterocycles. The van der Waals surface area contributed by atoms with Gasteiger partial charge in [-0.15, -0.1) is 0 Å². The highest BCUT2D eigenvalue weighted by molar-refractivity contribution is 5.90. The van der Waals surface area contributed by atoms with Crippen molar-refractivity contribution in [1.29, 1.82) is 0 Å². The first-order valence-electron chi connectivity index (χ1n) is 7.90. The van der Waals surface area contributed by atoms with Gasteiger partial charge in [0.2, 0.25) is 11.8 Å². The van der Waals surface area contributed by atoms with Gasteiger partial charge in [-0.2, -0.15) is 0 Å². The molecule has 5 nitrogen and oxygen atoms in total. The van der Waals surface area contributed by atoms with Crippen LogP contribution in [-0.4, -0.2) is 47.1 Å². The van der Waals surface area contributed by atoms with Gasteiger partial charge in [0.05, 0.1) is 0 Å². The van der Waals surface area contributed by atoms with Crippen molar-refractivity contribution in [3.8, 4) is 0 Å². The molecule has 0 saturated carbocycles. The van der Waals surface area contributed by atoms with Gasteiger partial charge in [0.1, 0.15) is 6.04 Å². The molecular formula is C16H30N2O3. The predicted molar refractivity (Wildman–Crippen MR) is 82.7 cm³/mol. The van der Waals surface area contributed by atoms with Gasteiger partial charge in [-0.1, -0.05) is 34.6 Å². The summed E-state index contributed by atoms with van der Waals surface area (Å²) in [6.45, 7) is 10.4. The van der Waals surface area contributed by atoms with E-state index < -0.39 is 5.41 Å². The Labute approximate surface area is 128 Å². The molecule has 0 aromatic carbocycles. The predicted octanol–water partition coefficient (Wildman–Crippen LogP) is 1.55. The summed E-state index contributed by atoms with van der Waals surface area (Å²) in [5, 5.41) is 12.1. The molecule has 2 N–H and O–H groups in total. The molecule has 2 amide bonds. The number of amides is 2. The van der Waals surface area contributed by atoms with Crippen LogP contribution in [0.2, 0.25) is 0 Å². The fourth-order valence-corrected chi connectivity index (χ4v) is 2.70. The third-order valence-corrected chi connectivity index (χ3v) is 4.03. The summed E-state index contributed by atoms with van der Waals surface area (Å²) in [7, 11) is 0. The van der Waals surface area contributed by atoms with Crippen LogP contribution in [0.1, 0.15) is 53.9 Å². The van der Waals surface area contributed by atoms with Gasteiger partial charge in [0.25, 0.3) is 0 Å². The standard InChI is InChI=1S/C16H30N2O3/c1-11(2)12(8-10-19)17-14(20)13-7-6-9-18(13)15(21)16(3,4)5/h11-13,19H,6-10H2,1-5H3,(H,17,20). The van der Waals surface area contributed by atoms with Crippen molar-refractivity contribution in [3.63, 3.8) is 0 Å². The van der Waals surface area contributed by atoms with Crippen molar-refractivity contribution in [2.45, 2.75) is 66.0 Å². The Hall–Kier alpha value is -1.10. The Bertz CT molecular complexity index is 374. The largest absolute Gasteiger partial charge is 0.396 e. The average Bonchev–Trinajstić information content (AvgIpc) is 2.84. The van der Waals surface area contributed by atoms with E-state index in [0.717, 1.165) is 12.8 Å². The summed E-state index contributed by atoms with van der Waals surface area (Å²) >= 11 is 0. The Morgan fingerprint density at radius 2 is 1.95 bits per heavy atom. The Balaban J connectivity index is 2.74. The fourth-order valence-electron chi connectivity index (χ4n) is 2.70. The monoisotopic (exact) mass is 298 g/mol. The van der Waals surface area contributed by atoms with E-state index in [1.165, 1.54) is 0 Å². The normalized spacial score (nSPS) is 20.7. The molecule has 2 atom stereocenters. The van der Waals surface area contributed by atoms with Crippen molar-refractivity contribution in [2.24, 2.45) is 11.3 Å². The highest BCUT2D eigenvalue weighted by atomic mass is 16.3. The third kappa shape index (κ3) is 4.70. The van der Waals surface area contributed by atoms with Crippen molar-refractivity contribution in [3.05, 3.63) is 0 Å². The van der Waals surface area contributed by atoms with E-state index >= 15 is 0 Å². The zero-order chi connectivity index (χ0) is 16.2. The Kier molecular flexibility index (Phi) is 6.20. The molecule has 0 aromatic heterocycles. The van der Waals surface area contributed by atoms with E-state index in [1.54, 1.807) is 4.90 Å². The summed E-state index contributed by atoms with van der Waals surface area (Å²) in [5.74, 6) is 0.204. The van der Waals surface area contributed by atoms with E-state index in [4.69, 9.17) is 5.11 Å². The molecule has 0 aromatic rings. The van der Waals surface area contributed by atoms with E-state index in [-0.39, 0.29) is 36.4 Å². The van der Waals surface area contributed by atoms with E-state index in [2.05, 4.69) is 5.32 Å². The van der Waals surface area contributed by atoms with Crippen LogP contribution in [0.4, 0.5) is 0 Å². The first kappa shape index (κ1) is 18.0. The molecule has 1 aliphatic heterocycles. The van der Waals surface area contributed by atoms with Crippen LogP contribution >= 0.6 is 0 Å². The van der Waals surface area contributed by atoms with Gasteiger partial charge in [-0.25, -0.2) is 0 Å². The van der Waals surface area contributed by atoms with E-state index in [1.807, 2.05) is 34.6 Å². The van der Waals surface area contributed by atoms with Crippen LogP contribution in [0.25, 0.3) is 0 Å². The summed E-state index contributed by atoms with van der Waals surface area (Å²) in [5.41, 5.74) is -0.467. The molecule has 0 radical (unpaired) electrons. The highest BCUT2D eigenvalue weighted by Gasteiger charge is 2.39. The van der Waals surface area contributed by atoms with Crippen LogP contribution in [-0.2, 0) is 9.59 Å². The maximum absolute atomic E-state index is 12.5. The number of hydrogen-bond donors (Lipinski definition) is 2. The SMILES string of the molecule is CC(C)C(CCO)NC(=O)C1CCCN1C(=O)C(C)(C)C. The molecule has 1 aliphatic rings. The molecule has 1 fully saturated rings. The first-order chi connectivity index (χ1) is 9.68. The minimum absolute atomic E-state index is 0.0309. The van der Waals surface area contributed by atoms with Gasteiger partial charge >= 0.3 is 0 Å². The van der Waals surface area contributed by atoms with Gasteiger partial charge in [0, 0.05) is 24.6 Å². The number of rotatable bonds is 5. The molecule has 2 unspecified atom stereocenters. The molecule has 122 valence electrons. The first-order valence-corrected chi connectivity index (χ1v) is 7.90. The number of hydrogen-bond acceptors (Lipinski definition) is 3. The van der Waals surface area contributed by atoms with E-state index in [0.29, 0.717) is 13.0 Å².